The zero-order valence-corrected chi connectivity index (χ0v) is 17.5. The zero-order chi connectivity index (χ0) is 20.8. The maximum absolute atomic E-state index is 12.4. The molecule has 146 valence electrons. The number of nitrogens with zero attached hydrogens (tertiary/aromatic N) is 2. The van der Waals surface area contributed by atoms with Crippen molar-refractivity contribution in [3.8, 4) is 28.0 Å². The van der Waals surface area contributed by atoms with Crippen LogP contribution in [0.4, 0.5) is 0 Å². The van der Waals surface area contributed by atoms with E-state index in [9.17, 15) is 5.11 Å². The molecule has 0 aliphatic carbocycles. The number of fused-ring (bicyclic) bond motifs is 3. The number of pyridine rings is 1. The molecule has 5 heteroatoms. The van der Waals surface area contributed by atoms with Crippen molar-refractivity contribution >= 4 is 32.4 Å². The first kappa shape index (κ1) is 20.2. The summed E-state index contributed by atoms with van der Waals surface area (Å²) in [4.78, 5) is 11.4. The van der Waals surface area contributed by atoms with Gasteiger partial charge in [-0.1, -0.05) is 48.5 Å². The molecule has 2 heterocycles. The van der Waals surface area contributed by atoms with Gasteiger partial charge in [-0.25, -0.2) is 15.0 Å². The second-order valence-corrected chi connectivity index (χ2v) is 7.61. The summed E-state index contributed by atoms with van der Waals surface area (Å²) in [5.74, 6) is -0.00439. The molecule has 4 aromatic carbocycles. The van der Waals surface area contributed by atoms with Crippen LogP contribution in [0.5, 0.6) is 5.75 Å². The normalized spacial score (nSPS) is 11.0. The van der Waals surface area contributed by atoms with Crippen molar-refractivity contribution in [2.75, 3.05) is 0 Å². The van der Waals surface area contributed by atoms with Gasteiger partial charge in [-0.2, -0.15) is 0 Å². The Kier molecular flexibility index (Phi) is 5.11. The van der Waals surface area contributed by atoms with Gasteiger partial charge >= 0.3 is 18.9 Å². The fraction of sp³-hybridized carbons (Fsp3) is 0. The number of H-pyrrole nitrogens is 1. The third-order valence-corrected chi connectivity index (χ3v) is 5.82. The molecule has 0 unspecified atom stereocenters. The van der Waals surface area contributed by atoms with Crippen LogP contribution in [0.2, 0.25) is 0 Å². The Labute approximate surface area is 196 Å². The van der Waals surface area contributed by atoms with E-state index in [1.807, 2.05) is 30.6 Å². The maximum atomic E-state index is 12.4. The van der Waals surface area contributed by atoms with Crippen molar-refractivity contribution in [1.82, 2.24) is 9.97 Å². The third-order valence-electron chi connectivity index (χ3n) is 5.82. The molecule has 0 amide bonds. The minimum absolute atomic E-state index is 0. The van der Waals surface area contributed by atoms with Gasteiger partial charge in [0.05, 0.1) is 5.39 Å². The van der Waals surface area contributed by atoms with E-state index < -0.39 is 0 Å². The predicted octanol–water partition coefficient (Wildman–Crippen LogP) is 2.16. The Morgan fingerprint density at radius 3 is 2.34 bits per heavy atom. The number of hydrogen-bond donors (Lipinski definition) is 0. The molecule has 0 bridgehead atoms. The van der Waals surface area contributed by atoms with E-state index in [0.717, 1.165) is 49.2 Å². The van der Waals surface area contributed by atoms with Crippen LogP contribution in [0.1, 0.15) is 0 Å². The van der Waals surface area contributed by atoms with E-state index in [1.54, 1.807) is 12.3 Å². The largest absolute Gasteiger partial charge is 1.00 e. The van der Waals surface area contributed by atoms with Crippen molar-refractivity contribution in [2.45, 2.75) is 0 Å². The molecule has 0 spiro atoms. The van der Waals surface area contributed by atoms with Gasteiger partial charge in [0, 0.05) is 24.0 Å². The molecule has 0 saturated heterocycles. The zero-order valence-electron chi connectivity index (χ0n) is 17.5. The molecule has 1 N–H and O–H groups in total. The summed E-state index contributed by atoms with van der Waals surface area (Å²) in [7, 11) is 0. The number of rotatable bonds is 2. The van der Waals surface area contributed by atoms with Gasteiger partial charge in [-0.05, 0) is 62.2 Å². The molecule has 0 fully saturated rings. The van der Waals surface area contributed by atoms with Gasteiger partial charge in [-0.3, -0.25) is 0 Å². The van der Waals surface area contributed by atoms with Crippen LogP contribution in [0, 0.1) is 0 Å². The fourth-order valence-corrected chi connectivity index (χ4v) is 4.41. The van der Waals surface area contributed by atoms with Crippen LogP contribution in [0.25, 0.3) is 54.7 Å². The van der Waals surface area contributed by atoms with E-state index in [-0.39, 0.29) is 24.6 Å². The second kappa shape index (κ2) is 8.09. The summed E-state index contributed by atoms with van der Waals surface area (Å²) >= 11 is 0. The summed E-state index contributed by atoms with van der Waals surface area (Å²) in [5, 5.41) is 18.0. The Morgan fingerprint density at radius 1 is 0.688 bits per heavy atom. The first-order valence-electron chi connectivity index (χ1n) is 10.1. The minimum atomic E-state index is -0.00439. The van der Waals surface area contributed by atoms with Crippen LogP contribution in [-0.4, -0.2) is 9.97 Å². The van der Waals surface area contributed by atoms with Crippen LogP contribution < -0.4 is 29.0 Å². The minimum Gasteiger partial charge on any atom is -0.868 e. The first-order chi connectivity index (χ1) is 15.3. The molecular weight excluding hydrogens is 389 g/mol. The number of aromatic nitrogens is 3. The molecule has 0 aliphatic rings. The Hall–Kier alpha value is -3.71. The van der Waals surface area contributed by atoms with E-state index in [2.05, 4.69) is 63.5 Å². The summed E-state index contributed by atoms with van der Waals surface area (Å²) < 4.78 is 0. The summed E-state index contributed by atoms with van der Waals surface area (Å²) in [5.41, 5.74) is 4.86. The topological polar surface area (TPSA) is 63.0 Å². The first-order valence-corrected chi connectivity index (χ1v) is 10.1. The number of hydrogen-bond acceptors (Lipinski definition) is 3. The quantitative estimate of drug-likeness (QED) is 0.327. The predicted molar refractivity (Wildman–Crippen MR) is 121 cm³/mol. The van der Waals surface area contributed by atoms with Crippen LogP contribution in [0.15, 0.2) is 97.7 Å². The molecule has 0 aliphatic heterocycles. The van der Waals surface area contributed by atoms with Crippen molar-refractivity contribution < 1.29 is 29.0 Å². The molecular formula is C27H17LiN3O+. The van der Waals surface area contributed by atoms with Gasteiger partial charge in [-0.15, -0.1) is 0 Å². The van der Waals surface area contributed by atoms with E-state index in [1.165, 1.54) is 6.33 Å². The van der Waals surface area contributed by atoms with E-state index in [0.29, 0.717) is 5.52 Å². The molecule has 2 aromatic heterocycles. The molecule has 4 nitrogen and oxygen atoms in total. The Bertz CT molecular complexity index is 1600. The molecule has 32 heavy (non-hydrogen) atoms. The van der Waals surface area contributed by atoms with Gasteiger partial charge < -0.3 is 5.11 Å². The smallest absolute Gasteiger partial charge is 0.868 e. The average Bonchev–Trinajstić information content (AvgIpc) is 2.83. The van der Waals surface area contributed by atoms with Crippen LogP contribution in [-0.2, 0) is 0 Å². The maximum Gasteiger partial charge on any atom is 1.00 e. The Morgan fingerprint density at radius 2 is 1.47 bits per heavy atom. The average molecular weight is 406 g/mol. The molecule has 6 rings (SSSR count). The van der Waals surface area contributed by atoms with Gasteiger partial charge in [0.2, 0.25) is 5.52 Å². The Balaban J connectivity index is 0.00000216. The van der Waals surface area contributed by atoms with Crippen molar-refractivity contribution in [3.05, 3.63) is 97.7 Å². The second-order valence-electron chi connectivity index (χ2n) is 7.61. The number of nitrogens with one attached hydrogen (secondary N) is 1. The summed E-state index contributed by atoms with van der Waals surface area (Å²) in [6.45, 7) is 0. The summed E-state index contributed by atoms with van der Waals surface area (Å²) in [6, 6.07) is 24.6. The molecule has 0 radical (unpaired) electrons. The van der Waals surface area contributed by atoms with Crippen LogP contribution >= 0.6 is 0 Å². The standard InChI is InChI=1S/C27H17N3O.Li/c31-25-10-9-23(24-6-3-11-30-27(24)25)26-21-5-2-1-4-18(21)13-19-12-17(7-8-22(19)26)20-14-28-16-29-15-20;/h1-16,31H;/q;+1. The van der Waals surface area contributed by atoms with E-state index >= 15 is 0 Å². The molecule has 0 atom stereocenters. The van der Waals surface area contributed by atoms with Crippen molar-refractivity contribution in [1.29, 1.82) is 0 Å². The third kappa shape index (κ3) is 3.22. The molecule has 6 aromatic rings. The van der Waals surface area contributed by atoms with Gasteiger partial charge in [0.25, 0.3) is 0 Å². The monoisotopic (exact) mass is 406 g/mol. The fourth-order valence-electron chi connectivity index (χ4n) is 4.41. The van der Waals surface area contributed by atoms with Crippen molar-refractivity contribution in [2.24, 2.45) is 0 Å². The van der Waals surface area contributed by atoms with E-state index in [4.69, 9.17) is 0 Å². The molecule has 0 saturated carbocycles. The summed E-state index contributed by atoms with van der Waals surface area (Å²) in [6.07, 6.45) is 6.99. The van der Waals surface area contributed by atoms with Crippen molar-refractivity contribution in [3.63, 3.8) is 0 Å². The SMILES string of the molecule is [Li+].[O-]c1ccc(-c2c3ccccc3cc3cc(-c4cncnc4)ccc23)c2ccc[nH+]c12. The van der Waals surface area contributed by atoms with Gasteiger partial charge in [0.15, 0.2) is 6.20 Å². The van der Waals surface area contributed by atoms with Crippen LogP contribution in [0.3, 0.4) is 0 Å². The number of benzene rings is 4. The number of aromatic amines is 1. The van der Waals surface area contributed by atoms with Gasteiger partial charge in [0.1, 0.15) is 6.33 Å².